The Morgan fingerprint density at radius 1 is 1.53 bits per heavy atom. The summed E-state index contributed by atoms with van der Waals surface area (Å²) in [7, 11) is 0. The van der Waals surface area contributed by atoms with E-state index in [0.717, 1.165) is 32.4 Å². The van der Waals surface area contributed by atoms with Gasteiger partial charge in [-0.3, -0.25) is 9.69 Å². The van der Waals surface area contributed by atoms with Crippen molar-refractivity contribution < 1.29 is 14.6 Å². The van der Waals surface area contributed by atoms with Crippen molar-refractivity contribution in [1.29, 1.82) is 0 Å². The molecule has 0 aromatic heterocycles. The van der Waals surface area contributed by atoms with Gasteiger partial charge in [-0.25, -0.2) is 0 Å². The lowest BCUT2D eigenvalue weighted by molar-refractivity contribution is -0.145. The molecule has 0 radical (unpaired) electrons. The zero-order chi connectivity index (χ0) is 11.3. The van der Waals surface area contributed by atoms with Gasteiger partial charge in [-0.15, -0.1) is 0 Å². The number of hydrogen-bond donors (Lipinski definition) is 1. The number of hydrogen-bond acceptors (Lipinski definition) is 3. The molecule has 0 bridgehead atoms. The molecular formula is C11H21NO3. The molecule has 1 atom stereocenters. The minimum absolute atomic E-state index is 0.220. The first kappa shape index (κ1) is 12.5. The molecule has 1 fully saturated rings. The fraction of sp³-hybridized carbons (Fsp3) is 0.909. The summed E-state index contributed by atoms with van der Waals surface area (Å²) in [5, 5.41) is 9.03. The molecule has 0 spiro atoms. The van der Waals surface area contributed by atoms with Gasteiger partial charge in [-0.2, -0.15) is 0 Å². The maximum absolute atomic E-state index is 11.0. The summed E-state index contributed by atoms with van der Waals surface area (Å²) in [5.41, 5.74) is 0. The van der Waals surface area contributed by atoms with Crippen LogP contribution in [0.15, 0.2) is 0 Å². The lowest BCUT2D eigenvalue weighted by Crippen LogP contribution is -2.46. The molecule has 1 aliphatic rings. The number of aliphatic carboxylic acids is 1. The average Bonchev–Trinajstić information content (AvgIpc) is 2.17. The van der Waals surface area contributed by atoms with E-state index in [2.05, 4.69) is 0 Å². The summed E-state index contributed by atoms with van der Waals surface area (Å²) < 4.78 is 5.44. The fourth-order valence-electron chi connectivity index (χ4n) is 1.94. The van der Waals surface area contributed by atoms with E-state index in [9.17, 15) is 4.79 Å². The number of ether oxygens (including phenoxy) is 1. The van der Waals surface area contributed by atoms with Gasteiger partial charge in [0.05, 0.1) is 12.7 Å². The van der Waals surface area contributed by atoms with Crippen molar-refractivity contribution in [1.82, 2.24) is 4.90 Å². The van der Waals surface area contributed by atoms with Crippen LogP contribution >= 0.6 is 0 Å². The van der Waals surface area contributed by atoms with Gasteiger partial charge >= 0.3 is 5.97 Å². The van der Waals surface area contributed by atoms with Gasteiger partial charge < -0.3 is 9.84 Å². The minimum atomic E-state index is -0.695. The van der Waals surface area contributed by atoms with E-state index in [1.54, 1.807) is 0 Å². The second-order valence-electron chi connectivity index (χ2n) is 4.31. The Balaban J connectivity index is 2.33. The molecule has 0 amide bonds. The summed E-state index contributed by atoms with van der Waals surface area (Å²) in [6.07, 6.45) is 3.12. The number of likely N-dealkylation sites (tertiary alicyclic amines) is 1. The van der Waals surface area contributed by atoms with Gasteiger partial charge in [-0.05, 0) is 33.2 Å². The van der Waals surface area contributed by atoms with E-state index in [4.69, 9.17) is 9.84 Å². The molecule has 1 aliphatic heterocycles. The van der Waals surface area contributed by atoms with Crippen molar-refractivity contribution >= 4 is 5.97 Å². The lowest BCUT2D eigenvalue weighted by atomic mass is 10.0. The number of carboxylic acid groups (broad SMARTS) is 1. The smallest absolute Gasteiger partial charge is 0.320 e. The first-order valence-electron chi connectivity index (χ1n) is 5.69. The molecule has 1 saturated heterocycles. The van der Waals surface area contributed by atoms with Crippen LogP contribution in [-0.4, -0.2) is 47.8 Å². The van der Waals surface area contributed by atoms with Crippen molar-refractivity contribution in [2.75, 3.05) is 19.7 Å². The first-order valence-corrected chi connectivity index (χ1v) is 5.69. The van der Waals surface area contributed by atoms with E-state index < -0.39 is 5.97 Å². The van der Waals surface area contributed by atoms with Crippen LogP contribution in [-0.2, 0) is 9.53 Å². The molecule has 0 aromatic rings. The van der Waals surface area contributed by atoms with Gasteiger partial charge in [0.2, 0.25) is 0 Å². The third-order valence-corrected chi connectivity index (χ3v) is 2.73. The largest absolute Gasteiger partial charge is 0.480 e. The van der Waals surface area contributed by atoms with Crippen LogP contribution in [0.2, 0.25) is 0 Å². The van der Waals surface area contributed by atoms with Gasteiger partial charge in [0.1, 0.15) is 6.04 Å². The summed E-state index contributed by atoms with van der Waals surface area (Å²) in [6, 6.07) is -0.297. The molecule has 4 heteroatoms. The Morgan fingerprint density at radius 3 is 2.87 bits per heavy atom. The van der Waals surface area contributed by atoms with Crippen molar-refractivity contribution in [2.45, 2.75) is 45.3 Å². The second-order valence-corrected chi connectivity index (χ2v) is 4.31. The Kier molecular flexibility index (Phi) is 5.05. The Morgan fingerprint density at radius 2 is 2.27 bits per heavy atom. The zero-order valence-corrected chi connectivity index (χ0v) is 9.61. The van der Waals surface area contributed by atoms with E-state index in [0.29, 0.717) is 6.61 Å². The fourth-order valence-corrected chi connectivity index (χ4v) is 1.94. The number of carbonyl (C=O) groups is 1. The Hall–Kier alpha value is -0.610. The van der Waals surface area contributed by atoms with Crippen LogP contribution in [0.5, 0.6) is 0 Å². The molecule has 88 valence electrons. The molecule has 1 heterocycles. The standard InChI is InChI=1S/C11H21NO3/c1-9(2)15-8-7-12-6-4-3-5-10(12)11(13)14/h9-10H,3-8H2,1-2H3,(H,13,14). The molecule has 0 saturated carbocycles. The van der Waals surface area contributed by atoms with Crippen LogP contribution in [0.25, 0.3) is 0 Å². The monoisotopic (exact) mass is 215 g/mol. The molecule has 0 aromatic carbocycles. The van der Waals surface area contributed by atoms with Crippen LogP contribution in [0.3, 0.4) is 0 Å². The van der Waals surface area contributed by atoms with Gasteiger partial charge in [0, 0.05) is 6.54 Å². The number of rotatable bonds is 5. The second kappa shape index (κ2) is 6.08. The summed E-state index contributed by atoms with van der Waals surface area (Å²) in [6.45, 7) is 6.23. The maximum Gasteiger partial charge on any atom is 0.320 e. The average molecular weight is 215 g/mol. The highest BCUT2D eigenvalue weighted by Gasteiger charge is 2.27. The summed E-state index contributed by atoms with van der Waals surface area (Å²) >= 11 is 0. The lowest BCUT2D eigenvalue weighted by Gasteiger charge is -2.32. The van der Waals surface area contributed by atoms with Crippen LogP contribution < -0.4 is 0 Å². The highest BCUT2D eigenvalue weighted by Crippen LogP contribution is 2.16. The van der Waals surface area contributed by atoms with Crippen molar-refractivity contribution in [3.05, 3.63) is 0 Å². The molecule has 0 aliphatic carbocycles. The van der Waals surface area contributed by atoms with Gasteiger partial charge in [-0.1, -0.05) is 6.42 Å². The molecule has 1 N–H and O–H groups in total. The SMILES string of the molecule is CC(C)OCCN1CCCCC1C(=O)O. The number of piperidine rings is 1. The highest BCUT2D eigenvalue weighted by molar-refractivity contribution is 5.73. The highest BCUT2D eigenvalue weighted by atomic mass is 16.5. The zero-order valence-electron chi connectivity index (χ0n) is 9.61. The third-order valence-electron chi connectivity index (χ3n) is 2.73. The number of carboxylic acids is 1. The van der Waals surface area contributed by atoms with Gasteiger partial charge in [0.25, 0.3) is 0 Å². The topological polar surface area (TPSA) is 49.8 Å². The summed E-state index contributed by atoms with van der Waals surface area (Å²) in [4.78, 5) is 13.0. The Labute approximate surface area is 91.2 Å². The predicted molar refractivity (Wildman–Crippen MR) is 57.9 cm³/mol. The third kappa shape index (κ3) is 4.18. The Bertz CT molecular complexity index is 206. The van der Waals surface area contributed by atoms with Gasteiger partial charge in [0.15, 0.2) is 0 Å². The van der Waals surface area contributed by atoms with Crippen LogP contribution in [0.1, 0.15) is 33.1 Å². The number of nitrogens with zero attached hydrogens (tertiary/aromatic N) is 1. The molecule has 15 heavy (non-hydrogen) atoms. The first-order chi connectivity index (χ1) is 7.11. The van der Waals surface area contributed by atoms with Crippen LogP contribution in [0, 0.1) is 0 Å². The van der Waals surface area contributed by atoms with Crippen LogP contribution in [0.4, 0.5) is 0 Å². The van der Waals surface area contributed by atoms with Crippen molar-refractivity contribution in [3.63, 3.8) is 0 Å². The quantitative estimate of drug-likeness (QED) is 0.752. The van der Waals surface area contributed by atoms with E-state index in [1.165, 1.54) is 0 Å². The predicted octanol–water partition coefficient (Wildman–Crippen LogP) is 1.35. The molecular weight excluding hydrogens is 194 g/mol. The van der Waals surface area contributed by atoms with E-state index >= 15 is 0 Å². The minimum Gasteiger partial charge on any atom is -0.480 e. The van der Waals surface area contributed by atoms with Crippen molar-refractivity contribution in [3.8, 4) is 0 Å². The molecule has 4 nitrogen and oxygen atoms in total. The van der Waals surface area contributed by atoms with E-state index in [1.807, 2.05) is 18.7 Å². The summed E-state index contributed by atoms with van der Waals surface area (Å²) in [5.74, 6) is -0.695. The van der Waals surface area contributed by atoms with Crippen molar-refractivity contribution in [2.24, 2.45) is 0 Å². The normalized spacial score (nSPS) is 23.3. The molecule has 1 rings (SSSR count). The maximum atomic E-state index is 11.0. The van der Waals surface area contributed by atoms with E-state index in [-0.39, 0.29) is 12.1 Å². The molecule has 1 unspecified atom stereocenters.